The van der Waals surface area contributed by atoms with E-state index >= 15 is 4.39 Å². The number of ether oxygens (including phenoxy) is 1. The number of nitrogens with zero attached hydrogens (tertiary/aromatic N) is 4. The Labute approximate surface area is 206 Å². The molecule has 192 valence electrons. The number of anilines is 1. The summed E-state index contributed by atoms with van der Waals surface area (Å²) in [6.07, 6.45) is -1.98. The highest BCUT2D eigenvalue weighted by molar-refractivity contribution is 7.93. The first-order chi connectivity index (χ1) is 17.3. The number of sulfonamides is 1. The SMILES string of the molecule is O=S(=O)(C1CCN(C2COC2)CC1)N(Cc1ccc(-c2nnc(C(F)F)o2)cc1F)c1ccccc1. The minimum atomic E-state index is -3.81. The average Bonchev–Trinajstić information content (AvgIpc) is 3.34. The minimum absolute atomic E-state index is 0.122. The van der Waals surface area contributed by atoms with Crippen LogP contribution in [0.15, 0.2) is 52.9 Å². The number of rotatable bonds is 8. The van der Waals surface area contributed by atoms with Gasteiger partial charge < -0.3 is 9.15 Å². The van der Waals surface area contributed by atoms with E-state index in [-0.39, 0.29) is 23.6 Å². The lowest BCUT2D eigenvalue weighted by Crippen LogP contribution is -2.54. The van der Waals surface area contributed by atoms with Gasteiger partial charge in [0.15, 0.2) is 0 Å². The van der Waals surface area contributed by atoms with Crippen molar-refractivity contribution in [3.63, 3.8) is 0 Å². The zero-order valence-electron chi connectivity index (χ0n) is 19.3. The highest BCUT2D eigenvalue weighted by Gasteiger charge is 2.38. The smallest absolute Gasteiger partial charge is 0.314 e. The summed E-state index contributed by atoms with van der Waals surface area (Å²) in [6.45, 7) is 2.45. The van der Waals surface area contributed by atoms with Gasteiger partial charge in [0.2, 0.25) is 15.9 Å². The van der Waals surface area contributed by atoms with Crippen LogP contribution in [0.5, 0.6) is 0 Å². The van der Waals surface area contributed by atoms with Crippen molar-refractivity contribution in [1.29, 1.82) is 0 Å². The molecule has 2 aliphatic rings. The summed E-state index contributed by atoms with van der Waals surface area (Å²) < 4.78 is 79.6. The standard InChI is InChI=1S/C24H25F3N4O4S/c25-21-12-16(23-28-29-24(35-23)22(26)27)6-7-17(21)13-31(18-4-2-1-3-5-18)36(32,33)20-8-10-30(11-9-20)19-14-34-15-19/h1-7,12,19-20,22H,8-11,13-15H2. The van der Waals surface area contributed by atoms with Crippen LogP contribution in [0.1, 0.15) is 30.7 Å². The maximum atomic E-state index is 15.1. The number of hydrogen-bond donors (Lipinski definition) is 0. The van der Waals surface area contributed by atoms with E-state index in [2.05, 4.69) is 15.1 Å². The summed E-state index contributed by atoms with van der Waals surface area (Å²) in [7, 11) is -3.81. The molecule has 36 heavy (non-hydrogen) atoms. The third-order valence-corrected chi connectivity index (χ3v) is 8.90. The summed E-state index contributed by atoms with van der Waals surface area (Å²) in [6, 6.07) is 12.9. The lowest BCUT2D eigenvalue weighted by molar-refractivity contribution is -0.0695. The highest BCUT2D eigenvalue weighted by Crippen LogP contribution is 2.31. The van der Waals surface area contributed by atoms with Crippen molar-refractivity contribution >= 4 is 15.7 Å². The Balaban J connectivity index is 1.38. The molecule has 5 rings (SSSR count). The number of para-hydroxylation sites is 1. The molecule has 0 bridgehead atoms. The number of benzene rings is 2. The lowest BCUT2D eigenvalue weighted by atomic mass is 10.1. The molecule has 0 saturated carbocycles. The number of aromatic nitrogens is 2. The Bertz CT molecular complexity index is 1290. The molecule has 8 nitrogen and oxygen atoms in total. The Morgan fingerprint density at radius 3 is 2.36 bits per heavy atom. The number of hydrogen-bond acceptors (Lipinski definition) is 7. The summed E-state index contributed by atoms with van der Waals surface area (Å²) in [5.74, 6) is -1.81. The van der Waals surface area contributed by atoms with Gasteiger partial charge in [0.25, 0.3) is 5.89 Å². The molecule has 0 N–H and O–H groups in total. The van der Waals surface area contributed by atoms with E-state index in [0.717, 1.165) is 6.07 Å². The molecule has 0 unspecified atom stereocenters. The summed E-state index contributed by atoms with van der Waals surface area (Å²) in [4.78, 5) is 2.26. The molecule has 3 heterocycles. The van der Waals surface area contributed by atoms with E-state index in [1.54, 1.807) is 30.3 Å². The van der Waals surface area contributed by atoms with Gasteiger partial charge in [0.1, 0.15) is 5.82 Å². The van der Waals surface area contributed by atoms with Crippen molar-refractivity contribution in [2.75, 3.05) is 30.6 Å². The third-order valence-electron chi connectivity index (χ3n) is 6.63. The van der Waals surface area contributed by atoms with E-state index < -0.39 is 33.4 Å². The predicted molar refractivity (Wildman–Crippen MR) is 125 cm³/mol. The van der Waals surface area contributed by atoms with Gasteiger partial charge in [-0.3, -0.25) is 9.21 Å². The zero-order valence-corrected chi connectivity index (χ0v) is 20.1. The molecule has 2 aliphatic heterocycles. The molecule has 2 aromatic carbocycles. The molecule has 0 atom stereocenters. The van der Waals surface area contributed by atoms with E-state index in [0.29, 0.717) is 50.9 Å². The maximum absolute atomic E-state index is 15.1. The quantitative estimate of drug-likeness (QED) is 0.442. The van der Waals surface area contributed by atoms with Gasteiger partial charge in [0.05, 0.1) is 36.7 Å². The topological polar surface area (TPSA) is 88.8 Å². The number of alkyl halides is 2. The Morgan fingerprint density at radius 2 is 1.78 bits per heavy atom. The third kappa shape index (κ3) is 4.97. The van der Waals surface area contributed by atoms with Crippen LogP contribution in [0, 0.1) is 5.82 Å². The van der Waals surface area contributed by atoms with Gasteiger partial charge in [0, 0.05) is 11.1 Å². The van der Waals surface area contributed by atoms with Gasteiger partial charge in [-0.1, -0.05) is 24.3 Å². The van der Waals surface area contributed by atoms with Gasteiger partial charge >= 0.3 is 6.43 Å². The lowest BCUT2D eigenvalue weighted by Gasteiger charge is -2.42. The first-order valence-electron chi connectivity index (χ1n) is 11.6. The van der Waals surface area contributed by atoms with Gasteiger partial charge in [-0.25, -0.2) is 12.8 Å². The fourth-order valence-corrected chi connectivity index (χ4v) is 6.38. The molecule has 3 aromatic rings. The summed E-state index contributed by atoms with van der Waals surface area (Å²) in [5.41, 5.74) is 0.690. The average molecular weight is 523 g/mol. The fraction of sp³-hybridized carbons (Fsp3) is 0.417. The molecular formula is C24H25F3N4O4S. The van der Waals surface area contributed by atoms with Crippen LogP contribution in [-0.4, -0.2) is 61.1 Å². The van der Waals surface area contributed by atoms with E-state index in [1.165, 1.54) is 16.4 Å². The van der Waals surface area contributed by atoms with Crippen LogP contribution in [0.25, 0.3) is 11.5 Å². The molecule has 12 heteroatoms. The molecule has 2 fully saturated rings. The number of likely N-dealkylation sites (tertiary alicyclic amines) is 1. The molecule has 0 aliphatic carbocycles. The van der Waals surface area contributed by atoms with Crippen LogP contribution in [0.3, 0.4) is 0 Å². The number of piperidine rings is 1. The van der Waals surface area contributed by atoms with E-state index in [9.17, 15) is 17.2 Å². The molecule has 0 amide bonds. The second kappa shape index (κ2) is 10.2. The summed E-state index contributed by atoms with van der Waals surface area (Å²) in [5, 5.41) is 6.20. The monoisotopic (exact) mass is 522 g/mol. The maximum Gasteiger partial charge on any atom is 0.314 e. The highest BCUT2D eigenvalue weighted by atomic mass is 32.2. The molecule has 2 saturated heterocycles. The predicted octanol–water partition coefficient (Wildman–Crippen LogP) is 4.01. The van der Waals surface area contributed by atoms with Crippen molar-refractivity contribution in [3.05, 3.63) is 65.8 Å². The molecule has 0 spiro atoms. The van der Waals surface area contributed by atoms with Crippen LogP contribution < -0.4 is 4.31 Å². The normalized spacial score (nSPS) is 17.9. The first-order valence-corrected chi connectivity index (χ1v) is 13.1. The second-order valence-electron chi connectivity index (χ2n) is 8.87. The number of halogens is 3. The van der Waals surface area contributed by atoms with Crippen LogP contribution in [0.4, 0.5) is 18.9 Å². The van der Waals surface area contributed by atoms with Gasteiger partial charge in [-0.2, -0.15) is 8.78 Å². The van der Waals surface area contributed by atoms with Gasteiger partial charge in [-0.15, -0.1) is 10.2 Å². The second-order valence-corrected chi connectivity index (χ2v) is 11.0. The molecular weight excluding hydrogens is 497 g/mol. The Morgan fingerprint density at radius 1 is 1.06 bits per heavy atom. The molecule has 0 radical (unpaired) electrons. The van der Waals surface area contributed by atoms with E-state index in [4.69, 9.17) is 9.15 Å². The molecule has 1 aromatic heterocycles. The van der Waals surface area contributed by atoms with Crippen molar-refractivity contribution in [1.82, 2.24) is 15.1 Å². The minimum Gasteiger partial charge on any atom is -0.415 e. The van der Waals surface area contributed by atoms with E-state index in [1.807, 2.05) is 0 Å². The van der Waals surface area contributed by atoms with Crippen molar-refractivity contribution < 1.29 is 30.7 Å². The van der Waals surface area contributed by atoms with Crippen LogP contribution in [-0.2, 0) is 21.3 Å². The van der Waals surface area contributed by atoms with Crippen molar-refractivity contribution in [2.24, 2.45) is 0 Å². The Hall–Kier alpha value is -2.96. The zero-order chi connectivity index (χ0) is 25.3. The first kappa shape index (κ1) is 24.7. The Kier molecular flexibility index (Phi) is 7.00. The largest absolute Gasteiger partial charge is 0.415 e. The van der Waals surface area contributed by atoms with Gasteiger partial charge in [-0.05, 0) is 50.2 Å². The van der Waals surface area contributed by atoms with Crippen molar-refractivity contribution in [2.45, 2.75) is 37.1 Å². The van der Waals surface area contributed by atoms with Crippen LogP contribution in [0.2, 0.25) is 0 Å². The van der Waals surface area contributed by atoms with Crippen molar-refractivity contribution in [3.8, 4) is 11.5 Å². The summed E-state index contributed by atoms with van der Waals surface area (Å²) >= 11 is 0. The fourth-order valence-electron chi connectivity index (χ4n) is 4.48. The van der Waals surface area contributed by atoms with Crippen LogP contribution >= 0.6 is 0 Å².